The molecule has 0 aromatic rings. The maximum atomic E-state index is 11.3. The van der Waals surface area contributed by atoms with Crippen molar-refractivity contribution in [3.05, 3.63) is 0 Å². The molecule has 1 unspecified atom stereocenters. The van der Waals surface area contributed by atoms with Crippen molar-refractivity contribution in [1.29, 1.82) is 0 Å². The first-order valence-electron chi connectivity index (χ1n) is 5.10. The van der Waals surface area contributed by atoms with Gasteiger partial charge in [-0.25, -0.2) is 0 Å². The third-order valence-corrected chi connectivity index (χ3v) is 1.98. The molecule has 6 N–H and O–H groups in total. The fourth-order valence-electron chi connectivity index (χ4n) is 1.08. The highest BCUT2D eigenvalue weighted by molar-refractivity contribution is 5.81. The molecule has 84 valence electrons. The second-order valence-electron chi connectivity index (χ2n) is 3.29. The summed E-state index contributed by atoms with van der Waals surface area (Å²) in [7, 11) is 1.84. The van der Waals surface area contributed by atoms with Gasteiger partial charge in [-0.05, 0) is 26.4 Å². The van der Waals surface area contributed by atoms with Crippen LogP contribution in [0.15, 0.2) is 0 Å². The van der Waals surface area contributed by atoms with Gasteiger partial charge >= 0.3 is 0 Å². The molecule has 0 aliphatic rings. The fourth-order valence-corrected chi connectivity index (χ4v) is 1.08. The van der Waals surface area contributed by atoms with Crippen molar-refractivity contribution in [2.24, 2.45) is 11.5 Å². The average molecular weight is 202 g/mol. The Kier molecular flexibility index (Phi) is 8.51. The number of amides is 1. The summed E-state index contributed by atoms with van der Waals surface area (Å²) in [5, 5.41) is 5.69. The number of carbonyl (C=O) groups is 1. The lowest BCUT2D eigenvalue weighted by atomic mass is 10.1. The van der Waals surface area contributed by atoms with Gasteiger partial charge in [-0.3, -0.25) is 4.79 Å². The molecule has 0 aliphatic carbocycles. The molecule has 0 bridgehead atoms. The molecule has 1 amide bonds. The number of carbonyl (C=O) groups excluding carboxylic acids is 1. The summed E-state index contributed by atoms with van der Waals surface area (Å²) in [6.07, 6.45) is 2.55. The molecule has 0 spiro atoms. The lowest BCUT2D eigenvalue weighted by molar-refractivity contribution is -0.122. The highest BCUT2D eigenvalue weighted by Crippen LogP contribution is 1.97. The number of rotatable bonds is 8. The molecule has 0 saturated carbocycles. The van der Waals surface area contributed by atoms with Gasteiger partial charge in [-0.2, -0.15) is 0 Å². The maximum absolute atomic E-state index is 11.3. The van der Waals surface area contributed by atoms with E-state index >= 15 is 0 Å². The van der Waals surface area contributed by atoms with Crippen molar-refractivity contribution in [2.45, 2.75) is 25.3 Å². The topological polar surface area (TPSA) is 93.2 Å². The van der Waals surface area contributed by atoms with E-state index in [4.69, 9.17) is 11.5 Å². The minimum atomic E-state index is -0.390. The quantitative estimate of drug-likeness (QED) is 0.371. The van der Waals surface area contributed by atoms with E-state index in [2.05, 4.69) is 10.6 Å². The molecule has 5 heteroatoms. The van der Waals surface area contributed by atoms with E-state index < -0.39 is 6.04 Å². The molecule has 14 heavy (non-hydrogen) atoms. The van der Waals surface area contributed by atoms with E-state index in [9.17, 15) is 4.79 Å². The average Bonchev–Trinajstić information content (AvgIpc) is 2.18. The summed E-state index contributed by atoms with van der Waals surface area (Å²) >= 11 is 0. The van der Waals surface area contributed by atoms with Crippen LogP contribution in [-0.2, 0) is 4.79 Å². The maximum Gasteiger partial charge on any atom is 0.236 e. The van der Waals surface area contributed by atoms with Crippen LogP contribution < -0.4 is 22.1 Å². The van der Waals surface area contributed by atoms with E-state index in [-0.39, 0.29) is 5.91 Å². The van der Waals surface area contributed by atoms with E-state index in [1.54, 1.807) is 0 Å². The van der Waals surface area contributed by atoms with Gasteiger partial charge in [0.15, 0.2) is 0 Å². The first kappa shape index (κ1) is 13.4. The van der Waals surface area contributed by atoms with Crippen molar-refractivity contribution in [3.63, 3.8) is 0 Å². The van der Waals surface area contributed by atoms with Gasteiger partial charge in [0.2, 0.25) is 5.91 Å². The first-order chi connectivity index (χ1) is 6.72. The SMILES string of the molecule is CNCCNC(=O)C(N)CCCCN. The highest BCUT2D eigenvalue weighted by atomic mass is 16.2. The Bertz CT molecular complexity index is 152. The van der Waals surface area contributed by atoms with E-state index in [0.29, 0.717) is 19.5 Å². The van der Waals surface area contributed by atoms with Crippen molar-refractivity contribution in [2.75, 3.05) is 26.7 Å². The molecule has 0 heterocycles. The number of nitrogens with two attached hydrogens (primary N) is 2. The van der Waals surface area contributed by atoms with E-state index in [0.717, 1.165) is 19.4 Å². The van der Waals surface area contributed by atoms with E-state index in [1.165, 1.54) is 0 Å². The van der Waals surface area contributed by atoms with Gasteiger partial charge in [0.1, 0.15) is 0 Å². The molecule has 0 saturated heterocycles. The van der Waals surface area contributed by atoms with Gasteiger partial charge in [-0.1, -0.05) is 6.42 Å². The van der Waals surface area contributed by atoms with Crippen molar-refractivity contribution in [3.8, 4) is 0 Å². The Hall–Kier alpha value is -0.650. The summed E-state index contributed by atoms with van der Waals surface area (Å²) in [5.74, 6) is -0.0720. The third kappa shape index (κ3) is 6.82. The molecule has 1 atom stereocenters. The van der Waals surface area contributed by atoms with Gasteiger partial charge < -0.3 is 22.1 Å². The number of unbranched alkanes of at least 4 members (excludes halogenated alkanes) is 1. The van der Waals surface area contributed by atoms with E-state index in [1.807, 2.05) is 7.05 Å². The number of likely N-dealkylation sites (N-methyl/N-ethyl adjacent to an activating group) is 1. The van der Waals surface area contributed by atoms with Crippen molar-refractivity contribution >= 4 is 5.91 Å². The number of hydrogen-bond donors (Lipinski definition) is 4. The molecule has 5 nitrogen and oxygen atoms in total. The van der Waals surface area contributed by atoms with Gasteiger partial charge in [0, 0.05) is 13.1 Å². The van der Waals surface area contributed by atoms with Crippen LogP contribution in [0.3, 0.4) is 0 Å². The second kappa shape index (κ2) is 8.93. The Morgan fingerprint density at radius 3 is 2.64 bits per heavy atom. The van der Waals surface area contributed by atoms with Gasteiger partial charge in [0.25, 0.3) is 0 Å². The van der Waals surface area contributed by atoms with Gasteiger partial charge in [0.05, 0.1) is 6.04 Å². The van der Waals surface area contributed by atoms with Crippen LogP contribution in [0.4, 0.5) is 0 Å². The normalized spacial score (nSPS) is 12.5. The zero-order valence-electron chi connectivity index (χ0n) is 8.88. The zero-order valence-corrected chi connectivity index (χ0v) is 8.88. The molecule has 0 aromatic carbocycles. The summed E-state index contributed by atoms with van der Waals surface area (Å²) in [6.45, 7) is 2.05. The lowest BCUT2D eigenvalue weighted by Crippen LogP contribution is -2.42. The van der Waals surface area contributed by atoms with Crippen LogP contribution in [0.5, 0.6) is 0 Å². The van der Waals surface area contributed by atoms with Crippen LogP contribution in [0.2, 0.25) is 0 Å². The van der Waals surface area contributed by atoms with Crippen LogP contribution in [0, 0.1) is 0 Å². The summed E-state index contributed by atoms with van der Waals surface area (Å²) in [4.78, 5) is 11.3. The van der Waals surface area contributed by atoms with Gasteiger partial charge in [-0.15, -0.1) is 0 Å². The number of nitrogens with one attached hydrogen (secondary N) is 2. The summed E-state index contributed by atoms with van der Waals surface area (Å²) in [5.41, 5.74) is 11.0. The first-order valence-corrected chi connectivity index (χ1v) is 5.10. The number of hydrogen-bond acceptors (Lipinski definition) is 4. The van der Waals surface area contributed by atoms with Crippen LogP contribution in [0.25, 0.3) is 0 Å². The smallest absolute Gasteiger partial charge is 0.236 e. The van der Waals surface area contributed by atoms with Crippen LogP contribution in [-0.4, -0.2) is 38.6 Å². The highest BCUT2D eigenvalue weighted by Gasteiger charge is 2.11. The molecule has 0 rings (SSSR count). The zero-order chi connectivity index (χ0) is 10.8. The summed E-state index contributed by atoms with van der Waals surface area (Å²) in [6, 6.07) is -0.390. The molecule has 0 radical (unpaired) electrons. The predicted octanol–water partition coefficient (Wildman–Crippen LogP) is -1.22. The monoisotopic (exact) mass is 202 g/mol. The Balaban J connectivity index is 3.44. The second-order valence-corrected chi connectivity index (χ2v) is 3.29. The molecule has 0 aromatic heterocycles. The van der Waals surface area contributed by atoms with Crippen LogP contribution >= 0.6 is 0 Å². The molecular formula is C9H22N4O. The van der Waals surface area contributed by atoms with Crippen molar-refractivity contribution < 1.29 is 4.79 Å². The molecule has 0 aliphatic heterocycles. The fraction of sp³-hybridized carbons (Fsp3) is 0.889. The molecular weight excluding hydrogens is 180 g/mol. The Morgan fingerprint density at radius 2 is 2.07 bits per heavy atom. The molecule has 0 fully saturated rings. The third-order valence-electron chi connectivity index (χ3n) is 1.98. The van der Waals surface area contributed by atoms with Crippen molar-refractivity contribution in [1.82, 2.24) is 10.6 Å². The minimum Gasteiger partial charge on any atom is -0.353 e. The lowest BCUT2D eigenvalue weighted by Gasteiger charge is -2.11. The predicted molar refractivity (Wildman–Crippen MR) is 57.8 cm³/mol. The summed E-state index contributed by atoms with van der Waals surface area (Å²) < 4.78 is 0. The van der Waals surface area contributed by atoms with Crippen LogP contribution in [0.1, 0.15) is 19.3 Å². The standard InChI is InChI=1S/C9H22N4O/c1-12-6-7-13-9(14)8(11)4-2-3-5-10/h8,12H,2-7,10-11H2,1H3,(H,13,14). The Morgan fingerprint density at radius 1 is 1.36 bits per heavy atom. The Labute approximate surface area is 85.6 Å². The minimum absolute atomic E-state index is 0.0720. The largest absolute Gasteiger partial charge is 0.353 e.